The van der Waals surface area contributed by atoms with E-state index < -0.39 is 0 Å². The van der Waals surface area contributed by atoms with Gasteiger partial charge in [0, 0.05) is 13.0 Å². The molecule has 1 saturated heterocycles. The molecule has 1 aliphatic heterocycles. The minimum atomic E-state index is 0. The number of ether oxygens (including phenoxy) is 1. The molecule has 0 unspecified atom stereocenters. The number of nitrogens with one attached hydrogen (secondary N) is 2. The summed E-state index contributed by atoms with van der Waals surface area (Å²) >= 11 is 0. The van der Waals surface area contributed by atoms with Gasteiger partial charge in [-0.2, -0.15) is 0 Å². The summed E-state index contributed by atoms with van der Waals surface area (Å²) in [6.07, 6.45) is 6.05. The molecule has 0 bridgehead atoms. The predicted octanol–water partition coefficient (Wildman–Crippen LogP) is 3.47. The molecule has 0 aromatic heterocycles. The van der Waals surface area contributed by atoms with E-state index in [1.54, 1.807) is 0 Å². The fourth-order valence-corrected chi connectivity index (χ4v) is 2.87. The van der Waals surface area contributed by atoms with Gasteiger partial charge in [0.2, 0.25) is 5.91 Å². The number of carbonyl (C=O) groups is 1. The molecule has 1 fully saturated rings. The molecule has 0 atom stereocenters. The first-order valence-electron chi connectivity index (χ1n) is 8.91. The normalized spacial score (nSPS) is 14.7. The largest absolute Gasteiger partial charge is 0.494 e. The molecule has 1 amide bonds. The van der Waals surface area contributed by atoms with Gasteiger partial charge in [-0.05, 0) is 70.2 Å². The van der Waals surface area contributed by atoms with Crippen LogP contribution >= 0.6 is 12.4 Å². The maximum absolute atomic E-state index is 11.8. The van der Waals surface area contributed by atoms with Gasteiger partial charge in [-0.15, -0.1) is 12.4 Å². The Morgan fingerprint density at radius 3 is 2.62 bits per heavy atom. The number of benzene rings is 1. The summed E-state index contributed by atoms with van der Waals surface area (Å²) in [5.74, 6) is 1.84. The third kappa shape index (κ3) is 8.55. The maximum atomic E-state index is 11.8. The molecule has 4 nitrogen and oxygen atoms in total. The van der Waals surface area contributed by atoms with Crippen LogP contribution in [-0.2, 0) is 4.79 Å². The number of carbonyl (C=O) groups excluding carboxylic acids is 1. The van der Waals surface area contributed by atoms with E-state index in [-0.39, 0.29) is 18.3 Å². The number of unbranched alkanes of at least 4 members (excludes halogenated alkanes) is 1. The third-order valence-corrected chi connectivity index (χ3v) is 4.42. The van der Waals surface area contributed by atoms with Crippen molar-refractivity contribution in [1.82, 2.24) is 10.6 Å². The molecule has 0 spiro atoms. The molecule has 1 aliphatic rings. The van der Waals surface area contributed by atoms with Gasteiger partial charge in [0.25, 0.3) is 0 Å². The first-order valence-corrected chi connectivity index (χ1v) is 8.91. The fourth-order valence-electron chi connectivity index (χ4n) is 2.87. The zero-order valence-corrected chi connectivity index (χ0v) is 15.5. The smallest absolute Gasteiger partial charge is 0.220 e. The highest BCUT2D eigenvalue weighted by Crippen LogP contribution is 2.17. The Morgan fingerprint density at radius 2 is 1.92 bits per heavy atom. The highest BCUT2D eigenvalue weighted by molar-refractivity contribution is 5.85. The van der Waals surface area contributed by atoms with Gasteiger partial charge in [-0.3, -0.25) is 4.79 Å². The number of rotatable bonds is 9. The van der Waals surface area contributed by atoms with Crippen LogP contribution in [0.3, 0.4) is 0 Å². The Labute approximate surface area is 152 Å². The lowest BCUT2D eigenvalue weighted by atomic mass is 9.93. The Balaban J connectivity index is 0.00000288. The molecular formula is C19H31ClN2O2. The second-order valence-corrected chi connectivity index (χ2v) is 6.45. The van der Waals surface area contributed by atoms with E-state index in [0.29, 0.717) is 13.0 Å². The Hall–Kier alpha value is -1.26. The van der Waals surface area contributed by atoms with E-state index in [2.05, 4.69) is 29.7 Å². The standard InChI is InChI=1S/C19H30N2O2.ClH/c1-16-4-7-18(8-5-16)23-15-3-2-12-21-19(22)9-6-17-10-13-20-14-11-17;/h4-5,7-8,17,20H,2-3,6,9-15H2,1H3,(H,21,22);1H. The SMILES string of the molecule is Cc1ccc(OCCCCNC(=O)CCC2CCNCC2)cc1.Cl. The van der Waals surface area contributed by atoms with Crippen LogP contribution in [0.4, 0.5) is 0 Å². The number of aryl methyl sites for hydroxylation is 1. The number of hydrogen-bond acceptors (Lipinski definition) is 3. The van der Waals surface area contributed by atoms with Crippen molar-refractivity contribution in [1.29, 1.82) is 0 Å². The summed E-state index contributed by atoms with van der Waals surface area (Å²) in [4.78, 5) is 11.8. The van der Waals surface area contributed by atoms with Crippen LogP contribution in [0.2, 0.25) is 0 Å². The van der Waals surface area contributed by atoms with Crippen molar-refractivity contribution in [2.45, 2.75) is 45.4 Å². The number of piperidine rings is 1. The molecule has 0 saturated carbocycles. The number of amides is 1. The molecule has 0 radical (unpaired) electrons. The minimum Gasteiger partial charge on any atom is -0.494 e. The van der Waals surface area contributed by atoms with E-state index >= 15 is 0 Å². The lowest BCUT2D eigenvalue weighted by Gasteiger charge is -2.22. The molecule has 0 aliphatic carbocycles. The quantitative estimate of drug-likeness (QED) is 0.667. The monoisotopic (exact) mass is 354 g/mol. The lowest BCUT2D eigenvalue weighted by molar-refractivity contribution is -0.121. The van der Waals surface area contributed by atoms with Crippen LogP contribution in [0.15, 0.2) is 24.3 Å². The molecule has 2 rings (SSSR count). The number of halogens is 1. The van der Waals surface area contributed by atoms with E-state index in [0.717, 1.165) is 50.6 Å². The van der Waals surface area contributed by atoms with Crippen LogP contribution in [0.25, 0.3) is 0 Å². The third-order valence-electron chi connectivity index (χ3n) is 4.42. The maximum Gasteiger partial charge on any atom is 0.220 e. The second-order valence-electron chi connectivity index (χ2n) is 6.45. The fraction of sp³-hybridized carbons (Fsp3) is 0.632. The van der Waals surface area contributed by atoms with Gasteiger partial charge >= 0.3 is 0 Å². The first-order chi connectivity index (χ1) is 11.2. The molecule has 1 aromatic carbocycles. The highest BCUT2D eigenvalue weighted by Gasteiger charge is 2.14. The van der Waals surface area contributed by atoms with Crippen LogP contribution in [0.5, 0.6) is 5.75 Å². The average Bonchev–Trinajstić information content (AvgIpc) is 2.58. The minimum absolute atomic E-state index is 0. The van der Waals surface area contributed by atoms with Gasteiger partial charge < -0.3 is 15.4 Å². The summed E-state index contributed by atoms with van der Waals surface area (Å²) < 4.78 is 5.68. The highest BCUT2D eigenvalue weighted by atomic mass is 35.5. The topological polar surface area (TPSA) is 50.4 Å². The van der Waals surface area contributed by atoms with Crippen LogP contribution in [0.1, 0.15) is 44.1 Å². The van der Waals surface area contributed by atoms with Gasteiger partial charge in [0.1, 0.15) is 5.75 Å². The van der Waals surface area contributed by atoms with Gasteiger partial charge in [-0.25, -0.2) is 0 Å². The van der Waals surface area contributed by atoms with Gasteiger partial charge in [-0.1, -0.05) is 17.7 Å². The summed E-state index contributed by atoms with van der Waals surface area (Å²) in [6, 6.07) is 8.10. The van der Waals surface area contributed by atoms with Crippen LogP contribution in [0, 0.1) is 12.8 Å². The first kappa shape index (κ1) is 20.8. The second kappa shape index (κ2) is 12.2. The molecule has 5 heteroatoms. The molecule has 24 heavy (non-hydrogen) atoms. The summed E-state index contributed by atoms with van der Waals surface area (Å²) in [5.41, 5.74) is 1.24. The Bertz CT molecular complexity index is 459. The van der Waals surface area contributed by atoms with Crippen LogP contribution in [-0.4, -0.2) is 32.1 Å². The van der Waals surface area contributed by atoms with Crippen molar-refractivity contribution in [3.63, 3.8) is 0 Å². The van der Waals surface area contributed by atoms with Gasteiger partial charge in [0.05, 0.1) is 6.61 Å². The molecule has 1 aromatic rings. The van der Waals surface area contributed by atoms with Crippen molar-refractivity contribution in [3.05, 3.63) is 29.8 Å². The van der Waals surface area contributed by atoms with E-state index in [1.807, 2.05) is 12.1 Å². The zero-order valence-electron chi connectivity index (χ0n) is 14.7. The van der Waals surface area contributed by atoms with Crippen molar-refractivity contribution in [2.24, 2.45) is 5.92 Å². The Kier molecular flexibility index (Phi) is 10.5. The van der Waals surface area contributed by atoms with E-state index in [1.165, 1.54) is 18.4 Å². The number of hydrogen-bond donors (Lipinski definition) is 2. The van der Waals surface area contributed by atoms with Gasteiger partial charge in [0.15, 0.2) is 0 Å². The zero-order chi connectivity index (χ0) is 16.3. The van der Waals surface area contributed by atoms with E-state index in [9.17, 15) is 4.79 Å². The molecule has 136 valence electrons. The van der Waals surface area contributed by atoms with Crippen molar-refractivity contribution in [2.75, 3.05) is 26.2 Å². The molecule has 2 N–H and O–H groups in total. The lowest BCUT2D eigenvalue weighted by Crippen LogP contribution is -2.29. The van der Waals surface area contributed by atoms with Crippen LogP contribution < -0.4 is 15.4 Å². The summed E-state index contributed by atoms with van der Waals surface area (Å²) in [6.45, 7) is 5.73. The van der Waals surface area contributed by atoms with E-state index in [4.69, 9.17) is 4.74 Å². The summed E-state index contributed by atoms with van der Waals surface area (Å²) in [7, 11) is 0. The Morgan fingerprint density at radius 1 is 1.21 bits per heavy atom. The molecular weight excluding hydrogens is 324 g/mol. The van der Waals surface area contributed by atoms with Crippen molar-refractivity contribution in [3.8, 4) is 5.75 Å². The predicted molar refractivity (Wildman–Crippen MR) is 101 cm³/mol. The molecule has 1 heterocycles. The van der Waals surface area contributed by atoms with Crippen molar-refractivity contribution < 1.29 is 9.53 Å². The summed E-state index contributed by atoms with van der Waals surface area (Å²) in [5, 5.41) is 6.38. The van der Waals surface area contributed by atoms with Crippen molar-refractivity contribution >= 4 is 18.3 Å². The average molecular weight is 355 g/mol.